The molecule has 1 aromatic heterocycles. The lowest BCUT2D eigenvalue weighted by atomic mass is 10.2. The molecular weight excluding hydrogens is 266 g/mol. The molecule has 0 aromatic carbocycles. The lowest BCUT2D eigenvalue weighted by molar-refractivity contribution is 0.0530. The van der Waals surface area contributed by atoms with Gasteiger partial charge in [0.05, 0.1) is 11.9 Å². The van der Waals surface area contributed by atoms with Gasteiger partial charge >= 0.3 is 6.09 Å². The smallest absolute Gasteiger partial charge is 0.407 e. The van der Waals surface area contributed by atoms with Crippen molar-refractivity contribution < 1.29 is 9.53 Å². The molecule has 0 saturated heterocycles. The standard InChI is InChI=1S/C13H20ClN3O2/c1-9-7-10(8-17-11(9)14)15-5-6-16-12(18)19-13(2,3)4/h7-8,15H,5-6H2,1-4H3,(H,16,18). The highest BCUT2D eigenvalue weighted by Gasteiger charge is 2.15. The Morgan fingerprint density at radius 3 is 2.68 bits per heavy atom. The number of carbonyl (C=O) groups is 1. The Balaban J connectivity index is 2.27. The van der Waals surface area contributed by atoms with Crippen LogP contribution in [0.1, 0.15) is 26.3 Å². The predicted octanol–water partition coefficient (Wildman–Crippen LogP) is 2.98. The Morgan fingerprint density at radius 2 is 2.11 bits per heavy atom. The predicted molar refractivity (Wildman–Crippen MR) is 76.7 cm³/mol. The zero-order valence-corrected chi connectivity index (χ0v) is 12.5. The van der Waals surface area contributed by atoms with E-state index in [9.17, 15) is 4.79 Å². The first-order valence-electron chi connectivity index (χ1n) is 6.11. The molecule has 0 unspecified atom stereocenters. The third kappa shape index (κ3) is 6.29. The Labute approximate surface area is 118 Å². The van der Waals surface area contributed by atoms with E-state index in [0.717, 1.165) is 11.3 Å². The molecule has 0 atom stereocenters. The van der Waals surface area contributed by atoms with E-state index in [-0.39, 0.29) is 0 Å². The fraction of sp³-hybridized carbons (Fsp3) is 0.538. The third-order valence-corrected chi connectivity index (χ3v) is 2.53. The first-order chi connectivity index (χ1) is 8.78. The van der Waals surface area contributed by atoms with Crippen LogP contribution in [0.4, 0.5) is 10.5 Å². The number of aryl methyl sites for hydroxylation is 1. The Kier molecular flexibility index (Phi) is 5.42. The van der Waals surface area contributed by atoms with Crippen molar-refractivity contribution >= 4 is 23.4 Å². The fourth-order valence-corrected chi connectivity index (χ4v) is 1.44. The van der Waals surface area contributed by atoms with Gasteiger partial charge in [-0.2, -0.15) is 0 Å². The molecule has 2 N–H and O–H groups in total. The van der Waals surface area contributed by atoms with Gasteiger partial charge in [-0.05, 0) is 39.3 Å². The van der Waals surface area contributed by atoms with Crippen molar-refractivity contribution in [3.8, 4) is 0 Å². The van der Waals surface area contributed by atoms with E-state index in [2.05, 4.69) is 15.6 Å². The van der Waals surface area contributed by atoms with Gasteiger partial charge in [0.2, 0.25) is 0 Å². The highest BCUT2D eigenvalue weighted by atomic mass is 35.5. The van der Waals surface area contributed by atoms with Crippen molar-refractivity contribution in [3.63, 3.8) is 0 Å². The summed E-state index contributed by atoms with van der Waals surface area (Å²) in [6.07, 6.45) is 1.24. The third-order valence-electron chi connectivity index (χ3n) is 2.14. The maximum absolute atomic E-state index is 11.4. The van der Waals surface area contributed by atoms with Crippen LogP contribution < -0.4 is 10.6 Å². The number of aromatic nitrogens is 1. The molecule has 19 heavy (non-hydrogen) atoms. The number of anilines is 1. The number of nitrogens with one attached hydrogen (secondary N) is 2. The minimum atomic E-state index is -0.477. The molecule has 0 saturated carbocycles. The Hall–Kier alpha value is -1.49. The summed E-state index contributed by atoms with van der Waals surface area (Å²) < 4.78 is 5.12. The molecule has 1 amide bonds. The van der Waals surface area contributed by atoms with Gasteiger partial charge in [-0.1, -0.05) is 11.6 Å². The SMILES string of the molecule is Cc1cc(NCCNC(=O)OC(C)(C)C)cnc1Cl. The van der Waals surface area contributed by atoms with E-state index in [1.54, 1.807) is 6.20 Å². The molecule has 0 aliphatic rings. The lowest BCUT2D eigenvalue weighted by Gasteiger charge is -2.19. The van der Waals surface area contributed by atoms with Gasteiger partial charge in [-0.15, -0.1) is 0 Å². The van der Waals surface area contributed by atoms with Crippen molar-refractivity contribution in [1.82, 2.24) is 10.3 Å². The van der Waals surface area contributed by atoms with E-state index in [1.807, 2.05) is 33.8 Å². The summed E-state index contributed by atoms with van der Waals surface area (Å²) >= 11 is 5.83. The van der Waals surface area contributed by atoms with E-state index >= 15 is 0 Å². The van der Waals surface area contributed by atoms with E-state index in [1.165, 1.54) is 0 Å². The van der Waals surface area contributed by atoms with E-state index < -0.39 is 11.7 Å². The summed E-state index contributed by atoms with van der Waals surface area (Å²) in [6, 6.07) is 1.91. The molecule has 6 heteroatoms. The molecule has 0 bridgehead atoms. The molecule has 0 fully saturated rings. The van der Waals surface area contributed by atoms with Crippen LogP contribution >= 0.6 is 11.6 Å². The number of nitrogens with zero attached hydrogens (tertiary/aromatic N) is 1. The van der Waals surface area contributed by atoms with Crippen LogP contribution in [0.25, 0.3) is 0 Å². The van der Waals surface area contributed by atoms with Gasteiger partial charge in [0, 0.05) is 13.1 Å². The van der Waals surface area contributed by atoms with Crippen molar-refractivity contribution in [2.24, 2.45) is 0 Å². The van der Waals surface area contributed by atoms with Gasteiger partial charge in [-0.25, -0.2) is 9.78 Å². The topological polar surface area (TPSA) is 63.2 Å². The number of carbonyl (C=O) groups excluding carboxylic acids is 1. The lowest BCUT2D eigenvalue weighted by Crippen LogP contribution is -2.35. The second-order valence-corrected chi connectivity index (χ2v) is 5.55. The summed E-state index contributed by atoms with van der Waals surface area (Å²) in [5, 5.41) is 6.30. The minimum Gasteiger partial charge on any atom is -0.444 e. The number of amides is 1. The minimum absolute atomic E-state index is 0.417. The van der Waals surface area contributed by atoms with Gasteiger partial charge in [0.1, 0.15) is 10.8 Å². The van der Waals surface area contributed by atoms with Gasteiger partial charge < -0.3 is 15.4 Å². The van der Waals surface area contributed by atoms with Crippen LogP contribution in [0.15, 0.2) is 12.3 Å². The van der Waals surface area contributed by atoms with Gasteiger partial charge in [0.25, 0.3) is 0 Å². The summed E-state index contributed by atoms with van der Waals surface area (Å²) in [4.78, 5) is 15.4. The van der Waals surface area contributed by atoms with Crippen LogP contribution in [0.3, 0.4) is 0 Å². The number of rotatable bonds is 4. The van der Waals surface area contributed by atoms with Gasteiger partial charge in [0.15, 0.2) is 0 Å². The highest BCUT2D eigenvalue weighted by Crippen LogP contribution is 2.15. The molecule has 0 aliphatic carbocycles. The zero-order chi connectivity index (χ0) is 14.5. The molecule has 1 rings (SSSR count). The van der Waals surface area contributed by atoms with Crippen LogP contribution in [-0.4, -0.2) is 29.8 Å². The quantitative estimate of drug-likeness (QED) is 0.659. The van der Waals surface area contributed by atoms with Crippen molar-refractivity contribution in [1.29, 1.82) is 0 Å². The van der Waals surface area contributed by atoms with Crippen LogP contribution in [0, 0.1) is 6.92 Å². The number of pyridine rings is 1. The highest BCUT2D eigenvalue weighted by molar-refractivity contribution is 6.30. The number of ether oxygens (including phenoxy) is 1. The zero-order valence-electron chi connectivity index (χ0n) is 11.7. The molecule has 0 radical (unpaired) electrons. The number of hydrogen-bond donors (Lipinski definition) is 2. The maximum Gasteiger partial charge on any atom is 0.407 e. The monoisotopic (exact) mass is 285 g/mol. The van der Waals surface area contributed by atoms with Crippen LogP contribution in [0.5, 0.6) is 0 Å². The number of hydrogen-bond acceptors (Lipinski definition) is 4. The summed E-state index contributed by atoms with van der Waals surface area (Å²) in [5.74, 6) is 0. The molecule has 0 aliphatic heterocycles. The molecule has 106 valence electrons. The van der Waals surface area contributed by atoms with E-state index in [0.29, 0.717) is 18.2 Å². The summed E-state index contributed by atoms with van der Waals surface area (Å²) in [6.45, 7) is 8.42. The first-order valence-corrected chi connectivity index (χ1v) is 6.48. The van der Waals surface area contributed by atoms with Crippen molar-refractivity contribution in [2.75, 3.05) is 18.4 Å². The molecule has 5 nitrogen and oxygen atoms in total. The Morgan fingerprint density at radius 1 is 1.42 bits per heavy atom. The molecular formula is C13H20ClN3O2. The Bertz CT molecular complexity index is 444. The largest absolute Gasteiger partial charge is 0.444 e. The maximum atomic E-state index is 11.4. The van der Waals surface area contributed by atoms with E-state index in [4.69, 9.17) is 16.3 Å². The second-order valence-electron chi connectivity index (χ2n) is 5.19. The second kappa shape index (κ2) is 6.61. The van der Waals surface area contributed by atoms with Crippen molar-refractivity contribution in [2.45, 2.75) is 33.3 Å². The summed E-state index contributed by atoms with van der Waals surface area (Å²) in [5.41, 5.74) is 1.30. The number of alkyl carbamates (subject to hydrolysis) is 1. The number of halogens is 1. The normalized spacial score (nSPS) is 11.0. The van der Waals surface area contributed by atoms with Crippen LogP contribution in [-0.2, 0) is 4.74 Å². The summed E-state index contributed by atoms with van der Waals surface area (Å²) in [7, 11) is 0. The van der Waals surface area contributed by atoms with Crippen molar-refractivity contribution in [3.05, 3.63) is 23.0 Å². The van der Waals surface area contributed by atoms with Gasteiger partial charge in [-0.3, -0.25) is 0 Å². The average Bonchev–Trinajstić information content (AvgIpc) is 2.27. The average molecular weight is 286 g/mol. The molecule has 1 aromatic rings. The van der Waals surface area contributed by atoms with Crippen LogP contribution in [0.2, 0.25) is 5.15 Å². The molecule has 0 spiro atoms. The fourth-order valence-electron chi connectivity index (χ4n) is 1.34. The first kappa shape index (κ1) is 15.6. The molecule has 1 heterocycles.